The van der Waals surface area contributed by atoms with Gasteiger partial charge in [-0.05, 0) is 14.0 Å². The summed E-state index contributed by atoms with van der Waals surface area (Å²) in [5, 5.41) is 4.61. The molecule has 0 unspecified atom stereocenters. The lowest BCUT2D eigenvalue weighted by atomic mass is 10.4. The summed E-state index contributed by atoms with van der Waals surface area (Å²) >= 11 is 0. The van der Waals surface area contributed by atoms with Crippen LogP contribution >= 0.6 is 0 Å². The number of hydrogen-bond donors (Lipinski definition) is 2. The fourth-order valence-corrected chi connectivity index (χ4v) is 1.08. The summed E-state index contributed by atoms with van der Waals surface area (Å²) in [4.78, 5) is 34.8. The van der Waals surface area contributed by atoms with E-state index >= 15 is 0 Å². The minimum atomic E-state index is -0.515. The van der Waals surface area contributed by atoms with Gasteiger partial charge in [-0.2, -0.15) is 0 Å². The Morgan fingerprint density at radius 3 is 2.47 bits per heavy atom. The van der Waals surface area contributed by atoms with Crippen molar-refractivity contribution in [1.82, 2.24) is 15.5 Å². The minimum Gasteiger partial charge on any atom is -0.469 e. The van der Waals surface area contributed by atoms with E-state index in [1.807, 2.05) is 0 Å². The third-order valence-electron chi connectivity index (χ3n) is 1.93. The molecule has 0 aromatic heterocycles. The van der Waals surface area contributed by atoms with E-state index in [9.17, 15) is 14.4 Å². The van der Waals surface area contributed by atoms with Crippen molar-refractivity contribution in [2.75, 3.05) is 33.8 Å². The number of imide groups is 1. The molecule has 2 N–H and O–H groups in total. The summed E-state index contributed by atoms with van der Waals surface area (Å²) in [6.07, 6.45) is 0.210. The van der Waals surface area contributed by atoms with Gasteiger partial charge in [0.05, 0.1) is 20.1 Å². The molecule has 3 amide bonds. The van der Waals surface area contributed by atoms with Crippen LogP contribution < -0.4 is 10.6 Å². The van der Waals surface area contributed by atoms with E-state index in [2.05, 4.69) is 15.4 Å². The molecular weight excluding hydrogens is 226 g/mol. The van der Waals surface area contributed by atoms with Crippen LogP contribution in [0, 0.1) is 0 Å². The molecular formula is C10H19N3O4. The number of carbonyl (C=O) groups excluding carboxylic acids is 3. The lowest BCUT2D eigenvalue weighted by Gasteiger charge is -2.14. The van der Waals surface area contributed by atoms with Crippen LogP contribution in [0.4, 0.5) is 4.79 Å². The largest absolute Gasteiger partial charge is 0.469 e. The summed E-state index contributed by atoms with van der Waals surface area (Å²) in [6, 6.07) is -0.515. The number of ether oxygens (including phenoxy) is 1. The zero-order chi connectivity index (χ0) is 13.3. The van der Waals surface area contributed by atoms with E-state index in [1.54, 1.807) is 18.9 Å². The molecule has 0 aliphatic rings. The van der Waals surface area contributed by atoms with E-state index < -0.39 is 11.9 Å². The molecule has 0 saturated heterocycles. The van der Waals surface area contributed by atoms with Crippen LogP contribution in [0.1, 0.15) is 13.3 Å². The van der Waals surface area contributed by atoms with Crippen LogP contribution in [-0.4, -0.2) is 56.6 Å². The average molecular weight is 245 g/mol. The maximum atomic E-state index is 11.3. The number of rotatable bonds is 6. The summed E-state index contributed by atoms with van der Waals surface area (Å²) in [6.45, 7) is 2.66. The molecule has 0 heterocycles. The van der Waals surface area contributed by atoms with Gasteiger partial charge in [0.2, 0.25) is 5.91 Å². The van der Waals surface area contributed by atoms with Crippen molar-refractivity contribution >= 4 is 17.9 Å². The fourth-order valence-electron chi connectivity index (χ4n) is 1.08. The van der Waals surface area contributed by atoms with E-state index in [4.69, 9.17) is 0 Å². The van der Waals surface area contributed by atoms with E-state index in [1.165, 1.54) is 7.11 Å². The van der Waals surface area contributed by atoms with Gasteiger partial charge < -0.3 is 10.1 Å². The Balaban J connectivity index is 3.80. The summed E-state index contributed by atoms with van der Waals surface area (Å²) in [5.74, 6) is -0.746. The maximum Gasteiger partial charge on any atom is 0.321 e. The van der Waals surface area contributed by atoms with Crippen LogP contribution in [0.5, 0.6) is 0 Å². The molecule has 7 nitrogen and oxygen atoms in total. The van der Waals surface area contributed by atoms with Gasteiger partial charge in [-0.15, -0.1) is 0 Å². The molecule has 0 aromatic carbocycles. The normalized spacial score (nSPS) is 9.88. The number of likely N-dealkylation sites (N-methyl/N-ethyl adjacent to an activating group) is 1. The van der Waals surface area contributed by atoms with Crippen molar-refractivity contribution in [3.05, 3.63) is 0 Å². The highest BCUT2D eigenvalue weighted by Crippen LogP contribution is 1.89. The summed E-state index contributed by atoms with van der Waals surface area (Å²) in [5.41, 5.74) is 0. The van der Waals surface area contributed by atoms with Crippen molar-refractivity contribution in [3.8, 4) is 0 Å². The Bertz CT molecular complexity index is 281. The molecule has 0 aromatic rings. The first kappa shape index (κ1) is 15.4. The predicted molar refractivity (Wildman–Crippen MR) is 61.3 cm³/mol. The van der Waals surface area contributed by atoms with Crippen LogP contribution in [0.15, 0.2) is 0 Å². The highest BCUT2D eigenvalue weighted by Gasteiger charge is 2.10. The van der Waals surface area contributed by atoms with Gasteiger partial charge in [0.15, 0.2) is 0 Å². The number of hydrogen-bond acceptors (Lipinski definition) is 5. The number of carbonyl (C=O) groups is 3. The Morgan fingerprint density at radius 1 is 1.29 bits per heavy atom. The standard InChI is InChI=1S/C10H19N3O4/c1-4-11-10(16)12-8(14)7-13(2)6-5-9(15)17-3/h4-7H2,1-3H3,(H2,11,12,14,16). The quantitative estimate of drug-likeness (QED) is 0.606. The van der Waals surface area contributed by atoms with Crippen LogP contribution in [-0.2, 0) is 14.3 Å². The minimum absolute atomic E-state index is 0.0497. The van der Waals surface area contributed by atoms with Gasteiger partial charge in [0.25, 0.3) is 0 Å². The van der Waals surface area contributed by atoms with Crippen molar-refractivity contribution in [2.24, 2.45) is 0 Å². The number of nitrogens with one attached hydrogen (secondary N) is 2. The Morgan fingerprint density at radius 2 is 1.94 bits per heavy atom. The van der Waals surface area contributed by atoms with Crippen LogP contribution in [0.2, 0.25) is 0 Å². The molecule has 0 aliphatic heterocycles. The number of nitrogens with zero attached hydrogens (tertiary/aromatic N) is 1. The Labute approximate surface area is 100 Å². The van der Waals surface area contributed by atoms with Crippen LogP contribution in [0.3, 0.4) is 0 Å². The highest BCUT2D eigenvalue weighted by atomic mass is 16.5. The van der Waals surface area contributed by atoms with Crippen molar-refractivity contribution in [1.29, 1.82) is 0 Å². The monoisotopic (exact) mass is 245 g/mol. The highest BCUT2D eigenvalue weighted by molar-refractivity contribution is 5.95. The molecule has 0 bridgehead atoms. The lowest BCUT2D eigenvalue weighted by molar-refractivity contribution is -0.141. The lowest BCUT2D eigenvalue weighted by Crippen LogP contribution is -2.44. The molecule has 17 heavy (non-hydrogen) atoms. The molecule has 98 valence electrons. The van der Waals surface area contributed by atoms with E-state index in [-0.39, 0.29) is 18.9 Å². The van der Waals surface area contributed by atoms with E-state index in [0.29, 0.717) is 13.1 Å². The third kappa shape index (κ3) is 8.21. The Kier molecular flexibility index (Phi) is 7.70. The SMILES string of the molecule is CCNC(=O)NC(=O)CN(C)CCC(=O)OC. The molecule has 0 fully saturated rings. The molecule has 0 rings (SSSR count). The summed E-state index contributed by atoms with van der Waals surface area (Å²) < 4.78 is 4.47. The topological polar surface area (TPSA) is 87.7 Å². The van der Waals surface area contributed by atoms with Gasteiger partial charge in [0, 0.05) is 13.1 Å². The number of methoxy groups -OCH3 is 1. The summed E-state index contributed by atoms with van der Waals surface area (Å²) in [7, 11) is 2.99. The second kappa shape index (κ2) is 8.51. The van der Waals surface area contributed by atoms with Crippen LogP contribution in [0.25, 0.3) is 0 Å². The van der Waals surface area contributed by atoms with E-state index in [0.717, 1.165) is 0 Å². The molecule has 0 atom stereocenters. The zero-order valence-electron chi connectivity index (χ0n) is 10.4. The molecule has 0 radical (unpaired) electrons. The van der Waals surface area contributed by atoms with Crippen molar-refractivity contribution < 1.29 is 19.1 Å². The first-order valence-corrected chi connectivity index (χ1v) is 5.32. The smallest absolute Gasteiger partial charge is 0.321 e. The number of esters is 1. The predicted octanol–water partition coefficient (Wildman–Crippen LogP) is -0.673. The van der Waals surface area contributed by atoms with Gasteiger partial charge in [0.1, 0.15) is 0 Å². The number of amides is 3. The van der Waals surface area contributed by atoms with Gasteiger partial charge in [-0.1, -0.05) is 0 Å². The fraction of sp³-hybridized carbons (Fsp3) is 0.700. The average Bonchev–Trinajstić information content (AvgIpc) is 2.25. The zero-order valence-corrected chi connectivity index (χ0v) is 10.4. The third-order valence-corrected chi connectivity index (χ3v) is 1.93. The molecule has 0 spiro atoms. The van der Waals surface area contributed by atoms with Gasteiger partial charge in [-0.25, -0.2) is 4.79 Å². The second-order valence-electron chi connectivity index (χ2n) is 3.47. The van der Waals surface area contributed by atoms with Crippen molar-refractivity contribution in [2.45, 2.75) is 13.3 Å². The molecule has 0 aliphatic carbocycles. The first-order chi connectivity index (χ1) is 7.99. The molecule has 7 heteroatoms. The van der Waals surface area contributed by atoms with Crippen molar-refractivity contribution in [3.63, 3.8) is 0 Å². The Hall–Kier alpha value is -1.63. The maximum absolute atomic E-state index is 11.3. The number of urea groups is 1. The second-order valence-corrected chi connectivity index (χ2v) is 3.47. The first-order valence-electron chi connectivity index (χ1n) is 5.32. The van der Waals surface area contributed by atoms with Gasteiger partial charge >= 0.3 is 12.0 Å². The van der Waals surface area contributed by atoms with Gasteiger partial charge in [-0.3, -0.25) is 19.8 Å². The molecule has 0 saturated carbocycles.